The van der Waals surface area contributed by atoms with Gasteiger partial charge in [0.05, 0.1) is 23.1 Å². The average molecular weight is 258 g/mol. The van der Waals surface area contributed by atoms with Gasteiger partial charge in [-0.2, -0.15) is 5.10 Å². The molecule has 0 atom stereocenters. The smallest absolute Gasteiger partial charge is 0.284 e. The molecule has 3 aromatic rings. The van der Waals surface area contributed by atoms with Gasteiger partial charge in [-0.15, -0.1) is 5.10 Å². The number of aromatic nitrogens is 4. The Morgan fingerprint density at radius 3 is 2.72 bits per heavy atom. The van der Waals surface area contributed by atoms with E-state index in [1.165, 1.54) is 0 Å². The van der Waals surface area contributed by atoms with E-state index in [2.05, 4.69) is 15.3 Å². The third-order valence-electron chi connectivity index (χ3n) is 2.68. The first-order valence-corrected chi connectivity index (χ1v) is 5.82. The molecule has 6 heteroatoms. The van der Waals surface area contributed by atoms with Gasteiger partial charge in [0.25, 0.3) is 4.84 Å². The van der Waals surface area contributed by atoms with Gasteiger partial charge in [0.15, 0.2) is 0 Å². The molecule has 18 heavy (non-hydrogen) atoms. The molecule has 3 rings (SSSR count). The van der Waals surface area contributed by atoms with E-state index in [4.69, 9.17) is 16.6 Å². The Bertz CT molecular complexity index is 726. The van der Waals surface area contributed by atoms with Crippen molar-refractivity contribution < 1.29 is 4.42 Å². The van der Waals surface area contributed by atoms with E-state index in [0.717, 1.165) is 16.9 Å². The first-order chi connectivity index (χ1) is 8.75. The normalized spacial score (nSPS) is 10.7. The van der Waals surface area contributed by atoms with E-state index in [0.29, 0.717) is 5.89 Å². The SMILES string of the molecule is Cc1c(-c2n[nH]c(=S)o2)cnn1-c1ccccc1. The molecule has 0 unspecified atom stereocenters. The maximum atomic E-state index is 5.29. The van der Waals surface area contributed by atoms with Crippen LogP contribution in [0.2, 0.25) is 0 Å². The van der Waals surface area contributed by atoms with Gasteiger partial charge in [-0.25, -0.2) is 9.78 Å². The minimum absolute atomic E-state index is 0.261. The van der Waals surface area contributed by atoms with E-state index in [1.54, 1.807) is 6.20 Å². The molecule has 0 amide bonds. The summed E-state index contributed by atoms with van der Waals surface area (Å²) in [5.41, 5.74) is 2.77. The monoisotopic (exact) mass is 258 g/mol. The minimum Gasteiger partial charge on any atom is -0.409 e. The van der Waals surface area contributed by atoms with Crippen molar-refractivity contribution >= 4 is 12.2 Å². The Balaban J connectivity index is 2.11. The Kier molecular flexibility index (Phi) is 2.56. The van der Waals surface area contributed by atoms with Gasteiger partial charge in [-0.3, -0.25) is 0 Å². The summed E-state index contributed by atoms with van der Waals surface area (Å²) in [6, 6.07) is 9.89. The third-order valence-corrected chi connectivity index (χ3v) is 2.85. The fourth-order valence-corrected chi connectivity index (χ4v) is 1.92. The van der Waals surface area contributed by atoms with Gasteiger partial charge in [0.2, 0.25) is 5.89 Å². The Hall–Kier alpha value is -2.21. The minimum atomic E-state index is 0.261. The van der Waals surface area contributed by atoms with Crippen molar-refractivity contribution in [1.29, 1.82) is 0 Å². The van der Waals surface area contributed by atoms with Crippen LogP contribution in [-0.4, -0.2) is 20.0 Å². The fraction of sp³-hybridized carbons (Fsp3) is 0.0833. The zero-order valence-corrected chi connectivity index (χ0v) is 10.4. The second-order valence-electron chi connectivity index (χ2n) is 3.81. The Morgan fingerprint density at radius 1 is 1.28 bits per heavy atom. The molecule has 90 valence electrons. The van der Waals surface area contributed by atoms with Crippen LogP contribution in [-0.2, 0) is 0 Å². The molecular weight excluding hydrogens is 248 g/mol. The molecule has 5 nitrogen and oxygen atoms in total. The molecule has 2 aromatic heterocycles. The zero-order valence-electron chi connectivity index (χ0n) is 9.62. The number of para-hydroxylation sites is 1. The first kappa shape index (κ1) is 10.9. The molecule has 0 aliphatic rings. The van der Waals surface area contributed by atoms with Crippen molar-refractivity contribution in [3.05, 3.63) is 47.1 Å². The fourth-order valence-electron chi connectivity index (χ4n) is 1.79. The summed E-state index contributed by atoms with van der Waals surface area (Å²) in [6.07, 6.45) is 1.72. The predicted octanol–water partition coefficient (Wildman–Crippen LogP) is 2.89. The summed E-state index contributed by atoms with van der Waals surface area (Å²) < 4.78 is 7.13. The number of rotatable bonds is 2. The number of nitrogens with zero attached hydrogens (tertiary/aromatic N) is 3. The quantitative estimate of drug-likeness (QED) is 0.718. The summed E-state index contributed by atoms with van der Waals surface area (Å²) >= 11 is 4.86. The summed E-state index contributed by atoms with van der Waals surface area (Å²) in [6.45, 7) is 1.96. The van der Waals surface area contributed by atoms with Gasteiger partial charge in [-0.05, 0) is 31.3 Å². The molecule has 0 aliphatic heterocycles. The van der Waals surface area contributed by atoms with Crippen LogP contribution < -0.4 is 0 Å². The predicted molar refractivity (Wildman–Crippen MR) is 69.0 cm³/mol. The van der Waals surface area contributed by atoms with Gasteiger partial charge >= 0.3 is 0 Å². The second kappa shape index (κ2) is 4.23. The van der Waals surface area contributed by atoms with Crippen LogP contribution in [0.15, 0.2) is 40.9 Å². The third kappa shape index (κ3) is 1.76. The van der Waals surface area contributed by atoms with E-state index >= 15 is 0 Å². The van der Waals surface area contributed by atoms with Gasteiger partial charge in [0.1, 0.15) is 0 Å². The van der Waals surface area contributed by atoms with Crippen LogP contribution in [0.1, 0.15) is 5.69 Å². The average Bonchev–Trinajstić information content (AvgIpc) is 2.97. The van der Waals surface area contributed by atoms with Crippen LogP contribution in [0.5, 0.6) is 0 Å². The van der Waals surface area contributed by atoms with Crippen molar-refractivity contribution in [3.8, 4) is 17.1 Å². The van der Waals surface area contributed by atoms with Crippen LogP contribution in [0, 0.1) is 11.8 Å². The highest BCUT2D eigenvalue weighted by Gasteiger charge is 2.13. The lowest BCUT2D eigenvalue weighted by Crippen LogP contribution is -1.98. The van der Waals surface area contributed by atoms with E-state index in [-0.39, 0.29) is 4.84 Å². The summed E-state index contributed by atoms with van der Waals surface area (Å²) in [5, 5.41) is 10.9. The molecule has 0 radical (unpaired) electrons. The molecule has 2 heterocycles. The lowest BCUT2D eigenvalue weighted by atomic mass is 10.2. The molecular formula is C12H10N4OS. The highest BCUT2D eigenvalue weighted by atomic mass is 32.1. The van der Waals surface area contributed by atoms with E-state index < -0.39 is 0 Å². The Labute approximate surface area is 108 Å². The van der Waals surface area contributed by atoms with Crippen molar-refractivity contribution in [1.82, 2.24) is 20.0 Å². The lowest BCUT2D eigenvalue weighted by molar-refractivity contribution is 0.551. The number of hydrogen-bond acceptors (Lipinski definition) is 4. The highest BCUT2D eigenvalue weighted by molar-refractivity contribution is 7.71. The maximum Gasteiger partial charge on any atom is 0.284 e. The zero-order chi connectivity index (χ0) is 12.5. The number of hydrogen-bond donors (Lipinski definition) is 1. The second-order valence-corrected chi connectivity index (χ2v) is 4.18. The summed E-state index contributed by atoms with van der Waals surface area (Å²) in [4.78, 5) is 0.261. The molecule has 0 fully saturated rings. The van der Waals surface area contributed by atoms with E-state index in [9.17, 15) is 0 Å². The van der Waals surface area contributed by atoms with Gasteiger partial charge in [-0.1, -0.05) is 18.2 Å². The van der Waals surface area contributed by atoms with E-state index in [1.807, 2.05) is 41.9 Å². The molecule has 0 bridgehead atoms. The molecule has 0 saturated carbocycles. The topological polar surface area (TPSA) is 59.6 Å². The van der Waals surface area contributed by atoms with Crippen LogP contribution in [0.4, 0.5) is 0 Å². The lowest BCUT2D eigenvalue weighted by Gasteiger charge is -2.03. The summed E-state index contributed by atoms with van der Waals surface area (Å²) in [5.74, 6) is 0.458. The number of nitrogens with one attached hydrogen (secondary N) is 1. The van der Waals surface area contributed by atoms with Crippen LogP contribution in [0.3, 0.4) is 0 Å². The molecule has 1 N–H and O–H groups in total. The number of aromatic amines is 1. The summed E-state index contributed by atoms with van der Waals surface area (Å²) in [7, 11) is 0. The standard InChI is InChI=1S/C12H10N4OS/c1-8-10(11-14-15-12(18)17-11)7-13-16(8)9-5-3-2-4-6-9/h2-7H,1H3,(H,15,18). The highest BCUT2D eigenvalue weighted by Crippen LogP contribution is 2.22. The number of H-pyrrole nitrogens is 1. The van der Waals surface area contributed by atoms with Crippen molar-refractivity contribution in [2.75, 3.05) is 0 Å². The van der Waals surface area contributed by atoms with Crippen molar-refractivity contribution in [2.45, 2.75) is 6.92 Å². The van der Waals surface area contributed by atoms with Crippen molar-refractivity contribution in [2.24, 2.45) is 0 Å². The van der Waals surface area contributed by atoms with Crippen molar-refractivity contribution in [3.63, 3.8) is 0 Å². The van der Waals surface area contributed by atoms with Gasteiger partial charge < -0.3 is 4.42 Å². The van der Waals surface area contributed by atoms with Crippen LogP contribution in [0.25, 0.3) is 17.1 Å². The first-order valence-electron chi connectivity index (χ1n) is 5.41. The van der Waals surface area contributed by atoms with Crippen LogP contribution >= 0.6 is 12.2 Å². The Morgan fingerprint density at radius 2 is 2.06 bits per heavy atom. The molecule has 0 spiro atoms. The molecule has 0 aliphatic carbocycles. The maximum absolute atomic E-state index is 5.29. The number of benzene rings is 1. The molecule has 0 saturated heterocycles. The van der Waals surface area contributed by atoms with Gasteiger partial charge in [0, 0.05) is 0 Å². The largest absolute Gasteiger partial charge is 0.409 e. The molecule has 1 aromatic carbocycles.